The van der Waals surface area contributed by atoms with Gasteiger partial charge in [0.25, 0.3) is 0 Å². The molecule has 0 radical (unpaired) electrons. The molecule has 3 aliphatic carbocycles. The molecular formula is C15H24O3. The van der Waals surface area contributed by atoms with Crippen molar-refractivity contribution in [3.63, 3.8) is 0 Å². The van der Waals surface area contributed by atoms with Gasteiger partial charge in [0.15, 0.2) is 0 Å². The van der Waals surface area contributed by atoms with Crippen LogP contribution in [0.5, 0.6) is 0 Å². The molecule has 0 heterocycles. The van der Waals surface area contributed by atoms with E-state index in [9.17, 15) is 15.0 Å². The fourth-order valence-electron chi connectivity index (χ4n) is 5.11. The summed E-state index contributed by atoms with van der Waals surface area (Å²) in [6.45, 7) is 6.26. The zero-order valence-electron chi connectivity index (χ0n) is 11.6. The summed E-state index contributed by atoms with van der Waals surface area (Å²) in [5.74, 6) is 0.554. The van der Waals surface area contributed by atoms with Gasteiger partial charge in [0.2, 0.25) is 0 Å². The fourth-order valence-corrected chi connectivity index (χ4v) is 5.11. The predicted octanol–water partition coefficient (Wildman–Crippen LogP) is 1.90. The van der Waals surface area contributed by atoms with Gasteiger partial charge in [-0.3, -0.25) is 4.79 Å². The Kier molecular flexibility index (Phi) is 2.36. The van der Waals surface area contributed by atoms with Gasteiger partial charge in [-0.15, -0.1) is 0 Å². The van der Waals surface area contributed by atoms with Crippen molar-refractivity contribution in [1.29, 1.82) is 0 Å². The van der Waals surface area contributed by atoms with E-state index < -0.39 is 17.1 Å². The lowest BCUT2D eigenvalue weighted by Gasteiger charge is -2.58. The first-order valence-electron chi connectivity index (χ1n) is 7.12. The number of aliphatic hydroxyl groups is 2. The van der Waals surface area contributed by atoms with Crippen molar-refractivity contribution in [2.45, 2.75) is 64.6 Å². The molecule has 0 aliphatic heterocycles. The van der Waals surface area contributed by atoms with Crippen LogP contribution in [0.4, 0.5) is 0 Å². The van der Waals surface area contributed by atoms with E-state index in [2.05, 4.69) is 13.8 Å². The van der Waals surface area contributed by atoms with Gasteiger partial charge >= 0.3 is 0 Å². The Labute approximate surface area is 109 Å². The van der Waals surface area contributed by atoms with Gasteiger partial charge in [-0.25, -0.2) is 0 Å². The van der Waals surface area contributed by atoms with Crippen LogP contribution in [-0.2, 0) is 4.79 Å². The van der Waals surface area contributed by atoms with Crippen molar-refractivity contribution in [2.75, 3.05) is 0 Å². The first-order chi connectivity index (χ1) is 8.18. The maximum atomic E-state index is 12.1. The van der Waals surface area contributed by atoms with Gasteiger partial charge in [-0.1, -0.05) is 20.8 Å². The average Bonchev–Trinajstić information content (AvgIpc) is 2.25. The third-order valence-electron chi connectivity index (χ3n) is 6.00. The van der Waals surface area contributed by atoms with Crippen LogP contribution in [0.1, 0.15) is 52.9 Å². The minimum Gasteiger partial charge on any atom is -0.393 e. The number of carbonyl (C=O) groups is 1. The van der Waals surface area contributed by atoms with E-state index in [1.54, 1.807) is 0 Å². The number of rotatable bonds is 0. The summed E-state index contributed by atoms with van der Waals surface area (Å²) in [6, 6.07) is 0. The Balaban J connectivity index is 2.02. The van der Waals surface area contributed by atoms with E-state index in [1.165, 1.54) is 0 Å². The molecule has 3 nitrogen and oxygen atoms in total. The highest BCUT2D eigenvalue weighted by atomic mass is 16.3. The second-order valence-electron chi connectivity index (χ2n) is 7.86. The van der Waals surface area contributed by atoms with Crippen LogP contribution < -0.4 is 0 Å². The van der Waals surface area contributed by atoms with Crippen molar-refractivity contribution in [3.05, 3.63) is 0 Å². The molecule has 5 unspecified atom stereocenters. The molecule has 3 aliphatic rings. The Morgan fingerprint density at radius 3 is 2.50 bits per heavy atom. The normalized spacial score (nSPS) is 54.3. The first-order valence-corrected chi connectivity index (χ1v) is 7.12. The molecule has 0 amide bonds. The van der Waals surface area contributed by atoms with Crippen molar-refractivity contribution in [1.82, 2.24) is 0 Å². The van der Waals surface area contributed by atoms with E-state index in [4.69, 9.17) is 0 Å². The quantitative estimate of drug-likeness (QED) is 0.692. The zero-order valence-corrected chi connectivity index (χ0v) is 11.6. The van der Waals surface area contributed by atoms with E-state index in [0.29, 0.717) is 25.7 Å². The molecule has 0 aromatic heterocycles. The molecule has 0 aromatic carbocycles. The van der Waals surface area contributed by atoms with Gasteiger partial charge in [0.1, 0.15) is 5.78 Å². The number of fused-ring (bicyclic) bond motifs is 4. The van der Waals surface area contributed by atoms with E-state index in [0.717, 1.165) is 6.42 Å². The third kappa shape index (κ3) is 1.47. The molecule has 3 rings (SSSR count). The predicted molar refractivity (Wildman–Crippen MR) is 67.9 cm³/mol. The van der Waals surface area contributed by atoms with Crippen LogP contribution in [0.2, 0.25) is 0 Å². The standard InChI is InChI=1S/C15H24O3/c1-13(2)6-9-12(13)10(16)7-14(3)8-15(9,18)5-4-11(14)17/h9-10,12,16,18H,4-8H2,1-3H3. The minimum absolute atomic E-state index is 0.0939. The average molecular weight is 252 g/mol. The largest absolute Gasteiger partial charge is 0.393 e. The van der Waals surface area contributed by atoms with E-state index in [-0.39, 0.29) is 23.0 Å². The van der Waals surface area contributed by atoms with Gasteiger partial charge in [-0.2, -0.15) is 0 Å². The molecular weight excluding hydrogens is 228 g/mol. The van der Waals surface area contributed by atoms with Gasteiger partial charge < -0.3 is 10.2 Å². The second kappa shape index (κ2) is 3.37. The Morgan fingerprint density at radius 2 is 1.89 bits per heavy atom. The Bertz CT molecular complexity index is 403. The van der Waals surface area contributed by atoms with E-state index >= 15 is 0 Å². The molecule has 3 heteroatoms. The molecule has 3 saturated carbocycles. The van der Waals surface area contributed by atoms with Crippen molar-refractivity contribution >= 4 is 5.78 Å². The molecule has 5 atom stereocenters. The Morgan fingerprint density at radius 1 is 1.22 bits per heavy atom. The lowest BCUT2D eigenvalue weighted by molar-refractivity contribution is -0.181. The molecule has 0 saturated heterocycles. The molecule has 2 bridgehead atoms. The van der Waals surface area contributed by atoms with Crippen molar-refractivity contribution in [2.24, 2.45) is 22.7 Å². The Hall–Kier alpha value is -0.410. The fraction of sp³-hybridized carbons (Fsp3) is 0.933. The number of ketones is 1. The summed E-state index contributed by atoms with van der Waals surface area (Å²) in [5, 5.41) is 21.4. The van der Waals surface area contributed by atoms with Gasteiger partial charge in [-0.05, 0) is 42.9 Å². The first kappa shape index (κ1) is 12.6. The summed E-state index contributed by atoms with van der Waals surface area (Å²) in [7, 11) is 0. The highest BCUT2D eigenvalue weighted by molar-refractivity contribution is 5.85. The van der Waals surface area contributed by atoms with Crippen LogP contribution >= 0.6 is 0 Å². The summed E-state index contributed by atoms with van der Waals surface area (Å²) in [5.41, 5.74) is -1.14. The lowest BCUT2D eigenvalue weighted by atomic mass is 9.49. The highest BCUT2D eigenvalue weighted by Gasteiger charge is 2.64. The molecule has 0 spiro atoms. The summed E-state index contributed by atoms with van der Waals surface area (Å²) < 4.78 is 0. The van der Waals surface area contributed by atoms with Crippen LogP contribution in [-0.4, -0.2) is 27.7 Å². The topological polar surface area (TPSA) is 57.5 Å². The summed E-state index contributed by atoms with van der Waals surface area (Å²) in [6.07, 6.45) is 2.66. The number of hydrogen-bond donors (Lipinski definition) is 2. The molecule has 0 aromatic rings. The third-order valence-corrected chi connectivity index (χ3v) is 6.00. The molecule has 3 fully saturated rings. The van der Waals surface area contributed by atoms with Crippen molar-refractivity contribution in [3.8, 4) is 0 Å². The van der Waals surface area contributed by atoms with Crippen molar-refractivity contribution < 1.29 is 15.0 Å². The number of Topliss-reactive ketones (excluding diaryl/α,β-unsaturated/α-hetero) is 1. The number of hydrogen-bond acceptors (Lipinski definition) is 3. The van der Waals surface area contributed by atoms with Crippen LogP contribution in [0.25, 0.3) is 0 Å². The monoisotopic (exact) mass is 252 g/mol. The van der Waals surface area contributed by atoms with Crippen LogP contribution in [0.15, 0.2) is 0 Å². The maximum absolute atomic E-state index is 12.1. The SMILES string of the molecule is CC12CC(O)C3C(CC3(C)C)C(O)(CCC1=O)C2. The molecule has 102 valence electrons. The zero-order chi connectivity index (χ0) is 13.3. The molecule has 18 heavy (non-hydrogen) atoms. The van der Waals surface area contributed by atoms with Gasteiger partial charge in [0.05, 0.1) is 11.7 Å². The van der Waals surface area contributed by atoms with Gasteiger partial charge in [0, 0.05) is 11.8 Å². The smallest absolute Gasteiger partial charge is 0.139 e. The number of aliphatic hydroxyl groups excluding tert-OH is 1. The molecule has 2 N–H and O–H groups in total. The minimum atomic E-state index is -0.722. The summed E-state index contributed by atoms with van der Waals surface area (Å²) in [4.78, 5) is 12.1. The van der Waals surface area contributed by atoms with E-state index in [1.807, 2.05) is 6.92 Å². The lowest BCUT2D eigenvalue weighted by Crippen LogP contribution is -2.59. The van der Waals surface area contributed by atoms with Crippen LogP contribution in [0, 0.1) is 22.7 Å². The maximum Gasteiger partial charge on any atom is 0.139 e. The van der Waals surface area contributed by atoms with Crippen LogP contribution in [0.3, 0.4) is 0 Å². The second-order valence-corrected chi connectivity index (χ2v) is 7.86. The summed E-state index contributed by atoms with van der Waals surface area (Å²) >= 11 is 0. The highest BCUT2D eigenvalue weighted by Crippen LogP contribution is 2.64. The number of carbonyl (C=O) groups excluding carboxylic acids is 1.